The zero-order chi connectivity index (χ0) is 22.1. The van der Waals surface area contributed by atoms with Crippen LogP contribution in [-0.2, 0) is 6.54 Å². The van der Waals surface area contributed by atoms with E-state index in [1.54, 1.807) is 7.11 Å². The second-order valence-electron chi connectivity index (χ2n) is 7.78. The number of ether oxygens (including phenoxy) is 1. The fraction of sp³-hybridized carbons (Fsp3) is 0.200. The van der Waals surface area contributed by atoms with E-state index in [2.05, 4.69) is 27.9 Å². The summed E-state index contributed by atoms with van der Waals surface area (Å²) in [7, 11) is 1.68. The number of nitrogens with zero attached hydrogens (tertiary/aromatic N) is 3. The minimum atomic E-state index is 0.225. The molecule has 0 amide bonds. The molecule has 0 atom stereocenters. The fourth-order valence-electron chi connectivity index (χ4n) is 4.11. The minimum absolute atomic E-state index is 0.225. The van der Waals surface area contributed by atoms with E-state index in [4.69, 9.17) is 10.1 Å². The third-order valence-corrected chi connectivity index (χ3v) is 6.63. The number of hydrogen-bond acceptors (Lipinski definition) is 5. The zero-order valence-electron chi connectivity index (χ0n) is 17.8. The molecule has 0 fully saturated rings. The fourth-order valence-corrected chi connectivity index (χ4v) is 5.01. The van der Waals surface area contributed by atoms with Crippen LogP contribution >= 0.6 is 11.3 Å². The van der Waals surface area contributed by atoms with Gasteiger partial charge in [0.15, 0.2) is 0 Å². The zero-order valence-corrected chi connectivity index (χ0v) is 18.6. The number of amidine groups is 1. The Labute approximate surface area is 190 Å². The monoisotopic (exact) mass is 444 g/mol. The van der Waals surface area contributed by atoms with Crippen LogP contribution in [0.2, 0.25) is 0 Å². The highest BCUT2D eigenvalue weighted by Gasteiger charge is 2.30. The number of benzene rings is 2. The lowest BCUT2D eigenvalue weighted by Gasteiger charge is -2.18. The Balaban J connectivity index is 1.24. The number of aromatic nitrogens is 2. The molecule has 0 spiro atoms. The Morgan fingerprint density at radius 2 is 1.97 bits per heavy atom. The molecule has 2 aromatic heterocycles. The van der Waals surface area contributed by atoms with Crippen LogP contribution in [0.5, 0.6) is 5.75 Å². The van der Waals surface area contributed by atoms with Crippen molar-refractivity contribution in [1.82, 2.24) is 14.5 Å². The van der Waals surface area contributed by atoms with E-state index in [0.29, 0.717) is 29.5 Å². The smallest absolute Gasteiger partial charge is 0.135 e. The molecule has 0 saturated heterocycles. The summed E-state index contributed by atoms with van der Waals surface area (Å²) in [6, 6.07) is 18.1. The quantitative estimate of drug-likeness (QED) is 0.399. The van der Waals surface area contributed by atoms with Crippen molar-refractivity contribution in [3.8, 4) is 17.0 Å². The van der Waals surface area contributed by atoms with Crippen LogP contribution in [0.1, 0.15) is 11.4 Å². The normalized spacial score (nSPS) is 14.0. The Bertz CT molecular complexity index is 1310. The number of aryl methyl sites for hydroxylation is 1. The molecule has 1 aliphatic rings. The third kappa shape index (κ3) is 3.76. The average molecular weight is 445 g/mol. The Hall–Kier alpha value is -3.58. The van der Waals surface area contributed by atoms with E-state index in [0.717, 1.165) is 35.4 Å². The second-order valence-corrected chi connectivity index (χ2v) is 8.64. The van der Waals surface area contributed by atoms with Crippen molar-refractivity contribution in [3.05, 3.63) is 76.9 Å². The van der Waals surface area contributed by atoms with Crippen LogP contribution in [0, 0.1) is 5.41 Å². The van der Waals surface area contributed by atoms with Gasteiger partial charge in [0.2, 0.25) is 0 Å². The lowest BCUT2D eigenvalue weighted by molar-refractivity contribution is 0.344. The van der Waals surface area contributed by atoms with Gasteiger partial charge in [-0.3, -0.25) is 5.41 Å². The number of rotatable bonds is 7. The summed E-state index contributed by atoms with van der Waals surface area (Å²) in [5.41, 5.74) is 3.62. The van der Waals surface area contributed by atoms with Crippen LogP contribution in [0.25, 0.3) is 27.7 Å². The first-order chi connectivity index (χ1) is 15.6. The summed E-state index contributed by atoms with van der Waals surface area (Å²) in [4.78, 5) is 6.61. The number of fused-ring (bicyclic) bond motifs is 1. The minimum Gasteiger partial charge on any atom is -0.510 e. The first-order valence-electron chi connectivity index (χ1n) is 10.5. The van der Waals surface area contributed by atoms with Gasteiger partial charge < -0.3 is 19.3 Å². The van der Waals surface area contributed by atoms with E-state index in [1.165, 1.54) is 16.9 Å². The van der Waals surface area contributed by atoms with Crippen molar-refractivity contribution in [2.45, 2.75) is 13.0 Å². The van der Waals surface area contributed by atoms with Gasteiger partial charge in [0, 0.05) is 41.1 Å². The van der Waals surface area contributed by atoms with Gasteiger partial charge in [-0.15, -0.1) is 11.3 Å². The van der Waals surface area contributed by atoms with Crippen LogP contribution in [0.15, 0.2) is 71.9 Å². The van der Waals surface area contributed by atoms with Crippen molar-refractivity contribution in [3.63, 3.8) is 0 Å². The molecule has 162 valence electrons. The maximum Gasteiger partial charge on any atom is 0.135 e. The summed E-state index contributed by atoms with van der Waals surface area (Å²) in [6.45, 7) is 1.89. The van der Waals surface area contributed by atoms with Crippen LogP contribution in [0.3, 0.4) is 0 Å². The Kier molecular flexibility index (Phi) is 5.41. The molecule has 0 unspecified atom stereocenters. The van der Waals surface area contributed by atoms with Gasteiger partial charge >= 0.3 is 0 Å². The molecule has 2 N–H and O–H groups in total. The Morgan fingerprint density at radius 3 is 2.78 bits per heavy atom. The highest BCUT2D eigenvalue weighted by atomic mass is 32.1. The second kappa shape index (κ2) is 8.51. The number of aliphatic hydroxyl groups is 1. The maximum absolute atomic E-state index is 10.6. The van der Waals surface area contributed by atoms with Crippen molar-refractivity contribution in [1.29, 1.82) is 5.41 Å². The van der Waals surface area contributed by atoms with Crippen LogP contribution < -0.4 is 4.74 Å². The Morgan fingerprint density at radius 1 is 1.12 bits per heavy atom. The van der Waals surface area contributed by atoms with E-state index < -0.39 is 0 Å². The van der Waals surface area contributed by atoms with Gasteiger partial charge in [0.05, 0.1) is 24.9 Å². The highest BCUT2D eigenvalue weighted by Crippen LogP contribution is 2.32. The predicted molar refractivity (Wildman–Crippen MR) is 130 cm³/mol. The largest absolute Gasteiger partial charge is 0.510 e. The molecule has 0 bridgehead atoms. The molecule has 6 nitrogen and oxygen atoms in total. The summed E-state index contributed by atoms with van der Waals surface area (Å²) >= 11 is 1.47. The van der Waals surface area contributed by atoms with Crippen molar-refractivity contribution in [2.75, 3.05) is 20.2 Å². The van der Waals surface area contributed by atoms with Crippen molar-refractivity contribution in [2.24, 2.45) is 0 Å². The van der Waals surface area contributed by atoms with Crippen LogP contribution in [-0.4, -0.2) is 45.6 Å². The van der Waals surface area contributed by atoms with E-state index in [1.807, 2.05) is 52.7 Å². The highest BCUT2D eigenvalue weighted by molar-refractivity contribution is 7.11. The molecule has 2 aromatic carbocycles. The van der Waals surface area contributed by atoms with Gasteiger partial charge in [-0.25, -0.2) is 4.98 Å². The third-order valence-electron chi connectivity index (χ3n) is 5.78. The average Bonchev–Trinajstić information content (AvgIpc) is 3.52. The molecular formula is C25H24N4O2S. The summed E-state index contributed by atoms with van der Waals surface area (Å²) in [5.74, 6) is 1.42. The van der Waals surface area contributed by atoms with E-state index >= 15 is 0 Å². The first-order valence-corrected chi connectivity index (χ1v) is 11.4. The molecule has 0 saturated carbocycles. The number of aliphatic hydroxyl groups excluding tert-OH is 1. The van der Waals surface area contributed by atoms with Gasteiger partial charge in [0.1, 0.15) is 22.4 Å². The molecule has 32 heavy (non-hydrogen) atoms. The molecule has 7 heteroatoms. The van der Waals surface area contributed by atoms with Gasteiger partial charge in [-0.1, -0.05) is 30.3 Å². The van der Waals surface area contributed by atoms with Gasteiger partial charge in [-0.2, -0.15) is 0 Å². The molecule has 0 radical (unpaired) electrons. The lowest BCUT2D eigenvalue weighted by Crippen LogP contribution is -2.28. The standard InChI is InChI=1S/C25H24N4O2S/c1-31-19-8-9-21-18(14-19)10-13-28(21)11-5-12-29-15-22(30)23(24(29)26)25-27-20(16-32-25)17-6-3-2-4-7-17/h2-4,6-10,13-14,16,26,30H,5,11-12,15H2,1H3. The van der Waals surface area contributed by atoms with Gasteiger partial charge in [0.25, 0.3) is 0 Å². The lowest BCUT2D eigenvalue weighted by atomic mass is 10.2. The molecule has 0 aliphatic carbocycles. The van der Waals surface area contributed by atoms with Crippen molar-refractivity contribution < 1.29 is 9.84 Å². The van der Waals surface area contributed by atoms with E-state index in [9.17, 15) is 5.11 Å². The number of methoxy groups -OCH3 is 1. The molecule has 5 rings (SSSR count). The number of thiazole rings is 1. The van der Waals surface area contributed by atoms with Gasteiger partial charge in [-0.05, 0) is 30.7 Å². The number of nitrogens with one attached hydrogen (secondary N) is 1. The summed E-state index contributed by atoms with van der Waals surface area (Å²) in [5, 5.41) is 23.0. The number of hydrogen-bond donors (Lipinski definition) is 2. The van der Waals surface area contributed by atoms with E-state index in [-0.39, 0.29) is 5.76 Å². The topological polar surface area (TPSA) is 74.4 Å². The molecule has 3 heterocycles. The SMILES string of the molecule is COc1ccc2c(ccn2CCCN2CC(O)=C(c3nc(-c4ccccc4)cs3)C2=N)c1. The molecular weight excluding hydrogens is 420 g/mol. The molecule has 4 aromatic rings. The predicted octanol–water partition coefficient (Wildman–Crippen LogP) is 5.43. The maximum atomic E-state index is 10.6. The first kappa shape index (κ1) is 20.3. The molecule has 1 aliphatic heterocycles. The summed E-state index contributed by atoms with van der Waals surface area (Å²) in [6.07, 6.45) is 2.95. The van der Waals surface area contributed by atoms with Crippen molar-refractivity contribution >= 4 is 33.6 Å². The van der Waals surface area contributed by atoms with Crippen LogP contribution in [0.4, 0.5) is 0 Å². The summed E-state index contributed by atoms with van der Waals surface area (Å²) < 4.78 is 7.52.